The summed E-state index contributed by atoms with van der Waals surface area (Å²) < 4.78 is 5.37. The molecule has 1 nitrogen and oxygen atoms in total. The summed E-state index contributed by atoms with van der Waals surface area (Å²) in [6, 6.07) is 8.49. The molecule has 0 aliphatic rings. The first-order chi connectivity index (χ1) is 6.79. The summed E-state index contributed by atoms with van der Waals surface area (Å²) >= 11 is 0. The van der Waals surface area contributed by atoms with Crippen LogP contribution in [-0.4, -0.2) is 0 Å². The number of benzene rings is 1. The lowest BCUT2D eigenvalue weighted by Crippen LogP contribution is -1.96. The zero-order chi connectivity index (χ0) is 9.97. The Morgan fingerprint density at radius 1 is 1.29 bits per heavy atom. The van der Waals surface area contributed by atoms with Gasteiger partial charge in [-0.15, -0.1) is 0 Å². The lowest BCUT2D eigenvalue weighted by Gasteiger charge is -2.07. The number of hydrogen-bond acceptors (Lipinski definition) is 1. The second kappa shape index (κ2) is 3.87. The summed E-state index contributed by atoms with van der Waals surface area (Å²) in [5.74, 6) is 0.752. The molecule has 1 heteroatoms. The number of fused-ring (bicyclic) bond motifs is 1. The smallest absolute Gasteiger partial charge is 0.134 e. The minimum Gasteiger partial charge on any atom is -0.464 e. The van der Waals surface area contributed by atoms with E-state index in [2.05, 4.69) is 32.0 Å². The third-order valence-electron chi connectivity index (χ3n) is 2.80. The molecule has 2 aromatic rings. The van der Waals surface area contributed by atoms with E-state index in [9.17, 15) is 0 Å². The number of furan rings is 1. The zero-order valence-electron chi connectivity index (χ0n) is 8.79. The Hall–Kier alpha value is -1.24. The first-order valence-corrected chi connectivity index (χ1v) is 5.25. The molecule has 2 rings (SSSR count). The summed E-state index contributed by atoms with van der Waals surface area (Å²) in [6.45, 7) is 4.52. The van der Waals surface area contributed by atoms with Gasteiger partial charge < -0.3 is 4.42 Å². The first kappa shape index (κ1) is 9.32. The molecule has 1 aromatic heterocycles. The average molecular weight is 188 g/mol. The largest absolute Gasteiger partial charge is 0.464 e. The van der Waals surface area contributed by atoms with Crippen LogP contribution in [0.2, 0.25) is 0 Å². The zero-order valence-corrected chi connectivity index (χ0v) is 8.79. The second-order valence-corrected chi connectivity index (χ2v) is 4.01. The minimum atomic E-state index is 0.752. The van der Waals surface area contributed by atoms with Crippen molar-refractivity contribution in [2.75, 3.05) is 0 Å². The van der Waals surface area contributed by atoms with Gasteiger partial charge in [-0.25, -0.2) is 0 Å². The lowest BCUT2D eigenvalue weighted by atomic mass is 9.98. The van der Waals surface area contributed by atoms with Crippen molar-refractivity contribution in [1.29, 1.82) is 0 Å². The number of rotatable bonds is 3. The Bertz CT molecular complexity index is 414. The monoisotopic (exact) mass is 188 g/mol. The fourth-order valence-electron chi connectivity index (χ4n) is 1.67. The molecule has 0 fully saturated rings. The van der Waals surface area contributed by atoms with E-state index in [0.717, 1.165) is 17.9 Å². The van der Waals surface area contributed by atoms with Crippen LogP contribution in [0.4, 0.5) is 0 Å². The second-order valence-electron chi connectivity index (χ2n) is 4.01. The predicted molar refractivity (Wildman–Crippen MR) is 59.4 cm³/mol. The van der Waals surface area contributed by atoms with Crippen LogP contribution in [0.3, 0.4) is 0 Å². The minimum absolute atomic E-state index is 0.752. The highest BCUT2D eigenvalue weighted by Gasteiger charge is 2.03. The Balaban J connectivity index is 2.25. The Morgan fingerprint density at radius 3 is 2.93 bits per heavy atom. The van der Waals surface area contributed by atoms with Gasteiger partial charge in [0, 0.05) is 5.39 Å². The first-order valence-electron chi connectivity index (χ1n) is 5.25. The van der Waals surface area contributed by atoms with Crippen molar-refractivity contribution in [2.45, 2.75) is 26.7 Å². The molecule has 0 bridgehead atoms. The fourth-order valence-corrected chi connectivity index (χ4v) is 1.67. The highest BCUT2D eigenvalue weighted by Crippen LogP contribution is 2.19. The maximum Gasteiger partial charge on any atom is 0.134 e. The van der Waals surface area contributed by atoms with Crippen molar-refractivity contribution in [3.8, 4) is 0 Å². The van der Waals surface area contributed by atoms with Crippen LogP contribution >= 0.6 is 0 Å². The van der Waals surface area contributed by atoms with Gasteiger partial charge in [0.05, 0.1) is 6.26 Å². The van der Waals surface area contributed by atoms with Crippen LogP contribution in [0.15, 0.2) is 34.9 Å². The Morgan fingerprint density at radius 2 is 2.14 bits per heavy atom. The van der Waals surface area contributed by atoms with Crippen LogP contribution < -0.4 is 0 Å². The standard InChI is InChI=1S/C13H16O/c1-3-10(2)8-11-4-5-12-6-7-14-13(12)9-11/h4-7,9-10H,3,8H2,1-2H3. The third-order valence-corrected chi connectivity index (χ3v) is 2.80. The van der Waals surface area contributed by atoms with Crippen LogP contribution in [0, 0.1) is 5.92 Å². The number of hydrogen-bond donors (Lipinski definition) is 0. The molecule has 0 spiro atoms. The van der Waals surface area contributed by atoms with Gasteiger partial charge in [0.15, 0.2) is 0 Å². The molecule has 0 N–H and O–H groups in total. The average Bonchev–Trinajstić information content (AvgIpc) is 2.64. The highest BCUT2D eigenvalue weighted by molar-refractivity contribution is 5.77. The normalized spacial score (nSPS) is 13.3. The van der Waals surface area contributed by atoms with Crippen molar-refractivity contribution in [3.05, 3.63) is 36.1 Å². The molecular formula is C13H16O. The van der Waals surface area contributed by atoms with Crippen molar-refractivity contribution in [3.63, 3.8) is 0 Å². The molecule has 0 aliphatic carbocycles. The van der Waals surface area contributed by atoms with Gasteiger partial charge in [-0.2, -0.15) is 0 Å². The lowest BCUT2D eigenvalue weighted by molar-refractivity contribution is 0.559. The van der Waals surface area contributed by atoms with Crippen molar-refractivity contribution >= 4 is 11.0 Å². The van der Waals surface area contributed by atoms with E-state index in [-0.39, 0.29) is 0 Å². The molecule has 1 heterocycles. The van der Waals surface area contributed by atoms with Gasteiger partial charge in [-0.1, -0.05) is 32.4 Å². The molecule has 0 radical (unpaired) electrons. The van der Waals surface area contributed by atoms with E-state index in [0.29, 0.717) is 0 Å². The van der Waals surface area contributed by atoms with Crippen LogP contribution in [-0.2, 0) is 6.42 Å². The molecule has 74 valence electrons. The Kier molecular flexibility index (Phi) is 2.58. The molecule has 0 amide bonds. The molecule has 0 saturated heterocycles. The molecular weight excluding hydrogens is 172 g/mol. The topological polar surface area (TPSA) is 13.1 Å². The quantitative estimate of drug-likeness (QED) is 0.709. The van der Waals surface area contributed by atoms with E-state index in [1.807, 2.05) is 6.07 Å². The SMILES string of the molecule is CCC(C)Cc1ccc2ccoc2c1. The summed E-state index contributed by atoms with van der Waals surface area (Å²) in [7, 11) is 0. The van der Waals surface area contributed by atoms with E-state index in [4.69, 9.17) is 4.42 Å². The molecule has 0 aliphatic heterocycles. The van der Waals surface area contributed by atoms with E-state index >= 15 is 0 Å². The van der Waals surface area contributed by atoms with Gasteiger partial charge in [0.25, 0.3) is 0 Å². The van der Waals surface area contributed by atoms with E-state index in [1.54, 1.807) is 6.26 Å². The van der Waals surface area contributed by atoms with Crippen molar-refractivity contribution in [1.82, 2.24) is 0 Å². The van der Waals surface area contributed by atoms with Gasteiger partial charge in [0.1, 0.15) is 5.58 Å². The van der Waals surface area contributed by atoms with Gasteiger partial charge in [-0.05, 0) is 30.0 Å². The van der Waals surface area contributed by atoms with Gasteiger partial charge >= 0.3 is 0 Å². The predicted octanol–water partition coefficient (Wildman–Crippen LogP) is 4.02. The van der Waals surface area contributed by atoms with Gasteiger partial charge in [-0.3, -0.25) is 0 Å². The summed E-state index contributed by atoms with van der Waals surface area (Å²) in [5.41, 5.74) is 2.38. The molecule has 14 heavy (non-hydrogen) atoms. The van der Waals surface area contributed by atoms with Crippen LogP contribution in [0.5, 0.6) is 0 Å². The van der Waals surface area contributed by atoms with Gasteiger partial charge in [0.2, 0.25) is 0 Å². The van der Waals surface area contributed by atoms with E-state index < -0.39 is 0 Å². The summed E-state index contributed by atoms with van der Waals surface area (Å²) in [5, 5.41) is 1.19. The third kappa shape index (κ3) is 1.82. The summed E-state index contributed by atoms with van der Waals surface area (Å²) in [6.07, 6.45) is 4.13. The molecule has 0 saturated carbocycles. The Labute approximate surface area is 84.7 Å². The summed E-state index contributed by atoms with van der Waals surface area (Å²) in [4.78, 5) is 0. The molecule has 1 aromatic carbocycles. The maximum absolute atomic E-state index is 5.37. The van der Waals surface area contributed by atoms with Crippen molar-refractivity contribution < 1.29 is 4.42 Å². The van der Waals surface area contributed by atoms with Crippen molar-refractivity contribution in [2.24, 2.45) is 5.92 Å². The van der Waals surface area contributed by atoms with E-state index in [1.165, 1.54) is 17.4 Å². The van der Waals surface area contributed by atoms with Crippen LogP contribution in [0.25, 0.3) is 11.0 Å². The maximum atomic E-state index is 5.37. The fraction of sp³-hybridized carbons (Fsp3) is 0.385. The van der Waals surface area contributed by atoms with Crippen LogP contribution in [0.1, 0.15) is 25.8 Å². The molecule has 1 atom stereocenters. The highest BCUT2D eigenvalue weighted by atomic mass is 16.3. The molecule has 1 unspecified atom stereocenters.